The van der Waals surface area contributed by atoms with Crippen molar-refractivity contribution in [1.82, 2.24) is 9.97 Å². The first-order valence-electron chi connectivity index (χ1n) is 7.86. The summed E-state index contributed by atoms with van der Waals surface area (Å²) in [5, 5.41) is 13.7. The molecule has 1 aromatic heterocycles. The van der Waals surface area contributed by atoms with Gasteiger partial charge in [-0.3, -0.25) is 0 Å². The van der Waals surface area contributed by atoms with E-state index in [1.165, 1.54) is 6.20 Å². The fourth-order valence-corrected chi connectivity index (χ4v) is 3.59. The highest BCUT2D eigenvalue weighted by atomic mass is 19.1. The van der Waals surface area contributed by atoms with Crippen molar-refractivity contribution in [2.75, 3.05) is 29.9 Å². The van der Waals surface area contributed by atoms with E-state index in [9.17, 15) is 9.50 Å². The predicted molar refractivity (Wildman–Crippen MR) is 79.9 cm³/mol. The van der Waals surface area contributed by atoms with Crippen molar-refractivity contribution in [1.29, 1.82) is 0 Å². The van der Waals surface area contributed by atoms with Crippen molar-refractivity contribution in [2.45, 2.75) is 44.6 Å². The Morgan fingerprint density at radius 3 is 3.14 bits per heavy atom. The number of hydrogen-bond donors (Lipinski definition) is 2. The molecule has 116 valence electrons. The summed E-state index contributed by atoms with van der Waals surface area (Å²) in [7, 11) is 0. The molecule has 2 atom stereocenters. The third-order valence-electron chi connectivity index (χ3n) is 4.79. The van der Waals surface area contributed by atoms with Crippen LogP contribution in [0.4, 0.5) is 16.2 Å². The average molecular weight is 294 g/mol. The van der Waals surface area contributed by atoms with Crippen molar-refractivity contribution in [3.8, 4) is 0 Å². The van der Waals surface area contributed by atoms with Gasteiger partial charge in [-0.15, -0.1) is 0 Å². The van der Waals surface area contributed by atoms with Gasteiger partial charge in [-0.25, -0.2) is 9.37 Å². The fourth-order valence-electron chi connectivity index (χ4n) is 3.59. The van der Waals surface area contributed by atoms with Gasteiger partial charge in [0, 0.05) is 25.6 Å². The van der Waals surface area contributed by atoms with Gasteiger partial charge in [0.15, 0.2) is 11.6 Å². The van der Waals surface area contributed by atoms with E-state index < -0.39 is 11.4 Å². The molecule has 0 amide bonds. The highest BCUT2D eigenvalue weighted by molar-refractivity contribution is 5.44. The molecule has 6 heteroatoms. The van der Waals surface area contributed by atoms with E-state index in [1.54, 1.807) is 0 Å². The van der Waals surface area contributed by atoms with Gasteiger partial charge in [-0.1, -0.05) is 12.8 Å². The van der Waals surface area contributed by atoms with E-state index in [4.69, 9.17) is 0 Å². The van der Waals surface area contributed by atoms with Crippen LogP contribution in [-0.4, -0.2) is 40.3 Å². The van der Waals surface area contributed by atoms with Crippen LogP contribution in [0, 0.1) is 11.7 Å². The van der Waals surface area contributed by atoms with E-state index in [1.807, 2.05) is 11.8 Å². The van der Waals surface area contributed by atoms with Crippen molar-refractivity contribution < 1.29 is 9.50 Å². The molecule has 2 aliphatic rings. The first kappa shape index (κ1) is 14.5. The Morgan fingerprint density at radius 1 is 1.48 bits per heavy atom. The second-order valence-electron chi connectivity index (χ2n) is 6.14. The molecule has 3 rings (SSSR count). The third kappa shape index (κ3) is 2.81. The number of fused-ring (bicyclic) bond motifs is 1. The van der Waals surface area contributed by atoms with E-state index in [0.29, 0.717) is 37.8 Å². The first-order chi connectivity index (χ1) is 10.1. The highest BCUT2D eigenvalue weighted by Gasteiger charge is 2.43. The lowest BCUT2D eigenvalue weighted by atomic mass is 9.71. The summed E-state index contributed by atoms with van der Waals surface area (Å²) in [6.07, 6.45) is 6.05. The highest BCUT2D eigenvalue weighted by Crippen LogP contribution is 2.40. The largest absolute Gasteiger partial charge is 0.389 e. The minimum Gasteiger partial charge on any atom is -0.389 e. The standard InChI is InChI=1S/C15H23FN4O/c1-2-17-14-18-9-12(16)13(19-14)20-8-7-15(21)6-4-3-5-11(15)10-20/h9,11,21H,2-8,10H2,1H3,(H,17,18,19). The smallest absolute Gasteiger partial charge is 0.224 e. The molecular weight excluding hydrogens is 271 g/mol. The van der Waals surface area contributed by atoms with Crippen molar-refractivity contribution in [3.05, 3.63) is 12.0 Å². The van der Waals surface area contributed by atoms with Crippen LogP contribution in [0.5, 0.6) is 0 Å². The summed E-state index contributed by atoms with van der Waals surface area (Å²) in [6.45, 7) is 3.98. The topological polar surface area (TPSA) is 61.3 Å². The number of piperidine rings is 1. The molecule has 1 aliphatic carbocycles. The summed E-state index contributed by atoms with van der Waals surface area (Å²) in [4.78, 5) is 10.2. The summed E-state index contributed by atoms with van der Waals surface area (Å²) in [5.41, 5.74) is -0.553. The number of halogens is 1. The van der Waals surface area contributed by atoms with Gasteiger partial charge in [-0.2, -0.15) is 4.98 Å². The van der Waals surface area contributed by atoms with Crippen LogP contribution in [0.3, 0.4) is 0 Å². The zero-order valence-electron chi connectivity index (χ0n) is 12.5. The quantitative estimate of drug-likeness (QED) is 0.894. The first-order valence-corrected chi connectivity index (χ1v) is 7.86. The number of aromatic nitrogens is 2. The number of hydrogen-bond acceptors (Lipinski definition) is 5. The van der Waals surface area contributed by atoms with Gasteiger partial charge in [-0.05, 0) is 26.2 Å². The van der Waals surface area contributed by atoms with E-state index >= 15 is 0 Å². The van der Waals surface area contributed by atoms with Crippen LogP contribution in [0.2, 0.25) is 0 Å². The molecule has 2 N–H and O–H groups in total. The molecule has 0 spiro atoms. The number of nitrogens with zero attached hydrogens (tertiary/aromatic N) is 3. The molecule has 0 aromatic carbocycles. The molecule has 2 heterocycles. The van der Waals surface area contributed by atoms with Crippen molar-refractivity contribution in [3.63, 3.8) is 0 Å². The molecule has 5 nitrogen and oxygen atoms in total. The van der Waals surface area contributed by atoms with Crippen LogP contribution in [0.25, 0.3) is 0 Å². The molecule has 0 radical (unpaired) electrons. The summed E-state index contributed by atoms with van der Waals surface area (Å²) < 4.78 is 14.1. The molecular formula is C15H23FN4O. The van der Waals surface area contributed by atoms with Gasteiger partial charge in [0.05, 0.1) is 11.8 Å². The van der Waals surface area contributed by atoms with Gasteiger partial charge in [0.25, 0.3) is 0 Å². The van der Waals surface area contributed by atoms with Crippen LogP contribution in [0.15, 0.2) is 6.20 Å². The van der Waals surface area contributed by atoms with Crippen LogP contribution in [-0.2, 0) is 0 Å². The molecule has 2 unspecified atom stereocenters. The molecule has 0 bridgehead atoms. The number of anilines is 2. The normalized spacial score (nSPS) is 29.1. The zero-order chi connectivity index (χ0) is 14.9. The van der Waals surface area contributed by atoms with Gasteiger partial charge >= 0.3 is 0 Å². The third-order valence-corrected chi connectivity index (χ3v) is 4.79. The summed E-state index contributed by atoms with van der Waals surface area (Å²) in [5.74, 6) is 0.641. The average Bonchev–Trinajstić information content (AvgIpc) is 2.49. The summed E-state index contributed by atoms with van der Waals surface area (Å²) in [6, 6.07) is 0. The maximum atomic E-state index is 14.1. The zero-order valence-corrected chi connectivity index (χ0v) is 12.5. The number of rotatable bonds is 3. The Kier molecular flexibility index (Phi) is 3.97. The SMILES string of the molecule is CCNc1ncc(F)c(N2CCC3(O)CCCCC3C2)n1. The lowest BCUT2D eigenvalue weighted by Crippen LogP contribution is -2.53. The molecule has 1 saturated heterocycles. The molecule has 1 aromatic rings. The van der Waals surface area contributed by atoms with E-state index in [-0.39, 0.29) is 5.92 Å². The number of nitrogens with one attached hydrogen (secondary N) is 1. The Bertz CT molecular complexity index is 512. The van der Waals surface area contributed by atoms with Crippen LogP contribution >= 0.6 is 0 Å². The Balaban J connectivity index is 1.80. The molecule has 21 heavy (non-hydrogen) atoms. The van der Waals surface area contributed by atoms with Gasteiger partial charge < -0.3 is 15.3 Å². The molecule has 1 aliphatic heterocycles. The Morgan fingerprint density at radius 2 is 2.33 bits per heavy atom. The van der Waals surface area contributed by atoms with E-state index in [0.717, 1.165) is 25.7 Å². The van der Waals surface area contributed by atoms with Crippen LogP contribution < -0.4 is 10.2 Å². The van der Waals surface area contributed by atoms with Crippen molar-refractivity contribution >= 4 is 11.8 Å². The Hall–Kier alpha value is -1.43. The summed E-state index contributed by atoms with van der Waals surface area (Å²) >= 11 is 0. The maximum absolute atomic E-state index is 14.1. The number of aliphatic hydroxyl groups is 1. The van der Waals surface area contributed by atoms with E-state index in [2.05, 4.69) is 15.3 Å². The second kappa shape index (κ2) is 5.75. The minimum absolute atomic E-state index is 0.219. The van der Waals surface area contributed by atoms with Crippen LogP contribution in [0.1, 0.15) is 39.0 Å². The molecule has 1 saturated carbocycles. The van der Waals surface area contributed by atoms with Gasteiger partial charge in [0.1, 0.15) is 0 Å². The second-order valence-corrected chi connectivity index (χ2v) is 6.14. The van der Waals surface area contributed by atoms with Gasteiger partial charge in [0.2, 0.25) is 5.95 Å². The lowest BCUT2D eigenvalue weighted by Gasteiger charge is -2.47. The fraction of sp³-hybridized carbons (Fsp3) is 0.733. The molecule has 2 fully saturated rings. The van der Waals surface area contributed by atoms with Crippen molar-refractivity contribution in [2.24, 2.45) is 5.92 Å². The Labute approximate surface area is 124 Å². The lowest BCUT2D eigenvalue weighted by molar-refractivity contribution is -0.0614. The monoisotopic (exact) mass is 294 g/mol. The predicted octanol–water partition coefficient (Wildman–Crippen LogP) is 2.18. The minimum atomic E-state index is -0.553. The maximum Gasteiger partial charge on any atom is 0.224 e.